The lowest BCUT2D eigenvalue weighted by Crippen LogP contribution is -2.49. The maximum Gasteiger partial charge on any atom is 0.218 e. The fraction of sp³-hybridized carbons (Fsp3) is 0.600. The smallest absolute Gasteiger partial charge is 0.218 e. The molecule has 2 saturated heterocycles. The lowest BCUT2D eigenvalue weighted by Gasteiger charge is -2.32. The molecule has 0 aromatic heterocycles. The third-order valence-corrected chi connectivity index (χ3v) is 6.24. The molecule has 7 heteroatoms. The highest BCUT2D eigenvalue weighted by atomic mass is 32.2. The van der Waals surface area contributed by atoms with Gasteiger partial charge in [0.2, 0.25) is 10.0 Å². The molecule has 0 saturated carbocycles. The van der Waals surface area contributed by atoms with Crippen LogP contribution in [0.1, 0.15) is 12.0 Å². The second kappa shape index (κ2) is 6.62. The van der Waals surface area contributed by atoms with Gasteiger partial charge in [0.15, 0.2) is 0 Å². The van der Waals surface area contributed by atoms with Gasteiger partial charge in [-0.2, -0.15) is 0 Å². The van der Waals surface area contributed by atoms with Crippen molar-refractivity contribution in [3.63, 3.8) is 0 Å². The number of sulfonamides is 1. The van der Waals surface area contributed by atoms with Gasteiger partial charge in [0.1, 0.15) is 5.82 Å². The largest absolute Gasteiger partial charge is 0.314 e. The lowest BCUT2D eigenvalue weighted by molar-refractivity contribution is 0.179. The molecule has 22 heavy (non-hydrogen) atoms. The monoisotopic (exact) mass is 327 g/mol. The van der Waals surface area contributed by atoms with Crippen LogP contribution in [0.25, 0.3) is 0 Å². The zero-order valence-corrected chi connectivity index (χ0v) is 13.4. The summed E-state index contributed by atoms with van der Waals surface area (Å²) < 4.78 is 39.8. The maximum absolute atomic E-state index is 13.2. The van der Waals surface area contributed by atoms with Crippen LogP contribution in [0, 0.1) is 5.82 Å². The summed E-state index contributed by atoms with van der Waals surface area (Å²) in [4.78, 5) is 2.37. The van der Waals surface area contributed by atoms with Crippen LogP contribution < -0.4 is 5.32 Å². The molecule has 1 N–H and O–H groups in total. The Bertz CT molecular complexity index is 617. The molecule has 2 heterocycles. The van der Waals surface area contributed by atoms with Gasteiger partial charge in [0.25, 0.3) is 0 Å². The predicted octanol–water partition coefficient (Wildman–Crippen LogP) is 0.635. The van der Waals surface area contributed by atoms with Crippen molar-refractivity contribution in [1.29, 1.82) is 0 Å². The summed E-state index contributed by atoms with van der Waals surface area (Å²) >= 11 is 0. The summed E-state index contributed by atoms with van der Waals surface area (Å²) in [5.74, 6) is -0.521. The maximum atomic E-state index is 13.2. The highest BCUT2D eigenvalue weighted by Gasteiger charge is 2.34. The Hall–Kier alpha value is -1.02. The van der Waals surface area contributed by atoms with Crippen LogP contribution >= 0.6 is 0 Å². The molecule has 2 aliphatic rings. The summed E-state index contributed by atoms with van der Waals surface area (Å²) in [5, 5.41) is 3.31. The van der Waals surface area contributed by atoms with Crippen LogP contribution in [0.5, 0.6) is 0 Å². The Kier molecular flexibility index (Phi) is 4.77. The summed E-state index contributed by atoms with van der Waals surface area (Å²) in [6.07, 6.45) is 0.877. The van der Waals surface area contributed by atoms with Crippen molar-refractivity contribution in [3.8, 4) is 0 Å². The molecule has 122 valence electrons. The van der Waals surface area contributed by atoms with Crippen molar-refractivity contribution in [2.75, 3.05) is 39.3 Å². The van der Waals surface area contributed by atoms with Gasteiger partial charge in [-0.05, 0) is 24.1 Å². The Morgan fingerprint density at radius 2 is 2.00 bits per heavy atom. The molecule has 0 aliphatic carbocycles. The highest BCUT2D eigenvalue weighted by molar-refractivity contribution is 7.88. The van der Waals surface area contributed by atoms with Gasteiger partial charge < -0.3 is 5.32 Å². The summed E-state index contributed by atoms with van der Waals surface area (Å²) in [5.41, 5.74) is 0.505. The topological polar surface area (TPSA) is 52.7 Å². The third kappa shape index (κ3) is 3.65. The predicted molar refractivity (Wildman–Crippen MR) is 83.4 cm³/mol. The fourth-order valence-corrected chi connectivity index (χ4v) is 4.80. The van der Waals surface area contributed by atoms with Crippen molar-refractivity contribution < 1.29 is 12.8 Å². The van der Waals surface area contributed by atoms with E-state index >= 15 is 0 Å². The Morgan fingerprint density at radius 1 is 1.23 bits per heavy atom. The van der Waals surface area contributed by atoms with E-state index in [1.165, 1.54) is 12.1 Å². The van der Waals surface area contributed by atoms with Crippen molar-refractivity contribution in [1.82, 2.24) is 14.5 Å². The molecule has 0 amide bonds. The lowest BCUT2D eigenvalue weighted by atomic mass is 10.2. The highest BCUT2D eigenvalue weighted by Crippen LogP contribution is 2.21. The summed E-state index contributed by atoms with van der Waals surface area (Å²) in [6, 6.07) is 6.14. The van der Waals surface area contributed by atoms with E-state index in [-0.39, 0.29) is 5.75 Å². The first-order chi connectivity index (χ1) is 10.5. The molecule has 2 aliphatic heterocycles. The van der Waals surface area contributed by atoms with Crippen molar-refractivity contribution in [2.45, 2.75) is 18.2 Å². The first kappa shape index (κ1) is 15.9. The number of hydrogen-bond donors (Lipinski definition) is 1. The SMILES string of the molecule is O=S(=O)(Cc1cccc(F)c1)N1CCC(N2CCNCC2)C1. The number of hydrogen-bond acceptors (Lipinski definition) is 4. The van der Waals surface area contributed by atoms with Crippen LogP contribution in [0.3, 0.4) is 0 Å². The quantitative estimate of drug-likeness (QED) is 0.882. The molecular formula is C15H22FN3O2S. The molecule has 0 spiro atoms. The molecule has 2 fully saturated rings. The molecule has 3 rings (SSSR count). The van der Waals surface area contributed by atoms with Gasteiger partial charge in [-0.25, -0.2) is 17.1 Å². The average Bonchev–Trinajstić information content (AvgIpc) is 2.98. The minimum Gasteiger partial charge on any atom is -0.314 e. The van der Waals surface area contributed by atoms with Crippen molar-refractivity contribution in [2.24, 2.45) is 0 Å². The van der Waals surface area contributed by atoms with Crippen LogP contribution in [-0.2, 0) is 15.8 Å². The van der Waals surface area contributed by atoms with Gasteiger partial charge in [0, 0.05) is 45.3 Å². The number of piperazine rings is 1. The molecule has 1 aromatic carbocycles. The first-order valence-corrected chi connectivity index (χ1v) is 9.32. The van der Waals surface area contributed by atoms with Gasteiger partial charge in [0.05, 0.1) is 5.75 Å². The van der Waals surface area contributed by atoms with Gasteiger partial charge in [-0.3, -0.25) is 4.90 Å². The molecule has 1 aromatic rings. The third-order valence-electron chi connectivity index (χ3n) is 4.43. The first-order valence-electron chi connectivity index (χ1n) is 7.72. The molecule has 0 radical (unpaired) electrons. The number of benzene rings is 1. The van der Waals surface area contributed by atoms with E-state index in [2.05, 4.69) is 10.2 Å². The molecule has 5 nitrogen and oxygen atoms in total. The zero-order valence-electron chi connectivity index (χ0n) is 12.5. The second-order valence-electron chi connectivity index (χ2n) is 5.97. The van der Waals surface area contributed by atoms with E-state index in [4.69, 9.17) is 0 Å². The number of nitrogens with zero attached hydrogens (tertiary/aromatic N) is 2. The van der Waals surface area contributed by atoms with E-state index in [0.717, 1.165) is 32.6 Å². The molecular weight excluding hydrogens is 305 g/mol. The van der Waals surface area contributed by atoms with Crippen LogP contribution in [0.2, 0.25) is 0 Å². The van der Waals surface area contributed by atoms with Crippen molar-refractivity contribution >= 4 is 10.0 Å². The second-order valence-corrected chi connectivity index (χ2v) is 7.94. The van der Waals surface area contributed by atoms with E-state index in [1.54, 1.807) is 16.4 Å². The molecule has 1 unspecified atom stereocenters. The van der Waals surface area contributed by atoms with Crippen molar-refractivity contribution in [3.05, 3.63) is 35.6 Å². The van der Waals surface area contributed by atoms with E-state index in [9.17, 15) is 12.8 Å². The standard InChI is InChI=1S/C15H22FN3O2S/c16-14-3-1-2-13(10-14)12-22(20,21)19-7-4-15(11-19)18-8-5-17-6-9-18/h1-3,10,15,17H,4-9,11-12H2. The van der Waals surface area contributed by atoms with E-state index in [1.807, 2.05) is 0 Å². The zero-order chi connectivity index (χ0) is 15.6. The minimum absolute atomic E-state index is 0.126. The van der Waals surface area contributed by atoms with Crippen LogP contribution in [0.4, 0.5) is 4.39 Å². The average molecular weight is 327 g/mol. The molecule has 0 bridgehead atoms. The Labute approximate surface area is 131 Å². The summed E-state index contributed by atoms with van der Waals surface area (Å²) in [6.45, 7) is 4.99. The number of halogens is 1. The van der Waals surface area contributed by atoms with Gasteiger partial charge >= 0.3 is 0 Å². The number of nitrogens with one attached hydrogen (secondary N) is 1. The normalized spacial score (nSPS) is 24.7. The van der Waals surface area contributed by atoms with Gasteiger partial charge in [-0.15, -0.1) is 0 Å². The minimum atomic E-state index is -3.38. The number of rotatable bonds is 4. The fourth-order valence-electron chi connectivity index (χ4n) is 3.24. The van der Waals surface area contributed by atoms with E-state index < -0.39 is 15.8 Å². The van der Waals surface area contributed by atoms with Crippen LogP contribution in [-0.4, -0.2) is 62.9 Å². The van der Waals surface area contributed by atoms with Crippen LogP contribution in [0.15, 0.2) is 24.3 Å². The molecule has 1 atom stereocenters. The Balaban J connectivity index is 1.63. The summed E-state index contributed by atoms with van der Waals surface area (Å²) in [7, 11) is -3.38. The Morgan fingerprint density at radius 3 is 2.73 bits per heavy atom. The van der Waals surface area contributed by atoms with Gasteiger partial charge in [-0.1, -0.05) is 12.1 Å². The van der Waals surface area contributed by atoms with E-state index in [0.29, 0.717) is 24.7 Å².